The van der Waals surface area contributed by atoms with E-state index in [0.717, 1.165) is 86.1 Å². The van der Waals surface area contributed by atoms with Gasteiger partial charge in [0.1, 0.15) is 18.1 Å². The van der Waals surface area contributed by atoms with Gasteiger partial charge in [-0.05, 0) is 85.2 Å². The molecular formula is C50H56N8O8. The van der Waals surface area contributed by atoms with Crippen molar-refractivity contribution in [3.8, 4) is 40.0 Å². The lowest BCUT2D eigenvalue weighted by atomic mass is 9.85. The number of H-pyrrole nitrogens is 1. The van der Waals surface area contributed by atoms with E-state index in [-0.39, 0.29) is 41.8 Å². The Hall–Kier alpha value is -6.78. The minimum atomic E-state index is -1.77. The molecule has 1 atom stereocenters. The van der Waals surface area contributed by atoms with Gasteiger partial charge in [0.15, 0.2) is 5.82 Å². The van der Waals surface area contributed by atoms with Crippen LogP contribution in [0.4, 0.5) is 4.79 Å². The van der Waals surface area contributed by atoms with Crippen LogP contribution in [-0.4, -0.2) is 108 Å². The van der Waals surface area contributed by atoms with Crippen molar-refractivity contribution in [2.75, 3.05) is 46.3 Å². The number of phenols is 2. The fourth-order valence-electron chi connectivity index (χ4n) is 9.81. The van der Waals surface area contributed by atoms with Crippen LogP contribution in [0.3, 0.4) is 0 Å². The first kappa shape index (κ1) is 44.4. The first-order chi connectivity index (χ1) is 31.8. The Kier molecular flexibility index (Phi) is 12.0. The second-order valence-corrected chi connectivity index (χ2v) is 17.9. The van der Waals surface area contributed by atoms with Crippen LogP contribution in [0.2, 0.25) is 0 Å². The summed E-state index contributed by atoms with van der Waals surface area (Å²) < 4.78 is 14.8. The highest BCUT2D eigenvalue weighted by molar-refractivity contribution is 5.90. The number of pyridine rings is 2. The highest BCUT2D eigenvalue weighted by Gasteiger charge is 2.51. The fraction of sp³-hybridized carbons (Fsp3) is 0.400. The predicted octanol–water partition coefficient (Wildman–Crippen LogP) is 6.39. The molecule has 1 saturated heterocycles. The van der Waals surface area contributed by atoms with Crippen LogP contribution in [-0.2, 0) is 46.0 Å². The van der Waals surface area contributed by atoms with Crippen molar-refractivity contribution in [3.63, 3.8) is 0 Å². The summed E-state index contributed by atoms with van der Waals surface area (Å²) in [6.07, 6.45) is 1.81. The van der Waals surface area contributed by atoms with E-state index >= 15 is 0 Å². The van der Waals surface area contributed by atoms with E-state index in [2.05, 4.69) is 33.0 Å². The Morgan fingerprint density at radius 3 is 2.41 bits per heavy atom. The minimum absolute atomic E-state index is 0.00572. The second-order valence-electron chi connectivity index (χ2n) is 17.9. The van der Waals surface area contributed by atoms with E-state index in [0.29, 0.717) is 52.4 Å². The molecule has 16 heteroatoms. The molecule has 0 aliphatic carbocycles. The van der Waals surface area contributed by atoms with Crippen LogP contribution in [0, 0.1) is 0 Å². The number of hydrogen-bond acceptors (Lipinski definition) is 12. The number of nitrogens with zero attached hydrogens (tertiary/aromatic N) is 7. The van der Waals surface area contributed by atoms with Crippen molar-refractivity contribution in [2.24, 2.45) is 0 Å². The van der Waals surface area contributed by atoms with Crippen molar-refractivity contribution >= 4 is 23.0 Å². The average molecular weight is 897 g/mol. The largest absolute Gasteiger partial charge is 0.508 e. The van der Waals surface area contributed by atoms with Gasteiger partial charge in [0.2, 0.25) is 5.60 Å². The number of aromatic nitrogens is 5. The summed E-state index contributed by atoms with van der Waals surface area (Å²) in [4.78, 5) is 65.7. The van der Waals surface area contributed by atoms with Gasteiger partial charge in [-0.25, -0.2) is 29.0 Å². The maximum absolute atomic E-state index is 14.1. The topological polar surface area (TPSA) is 188 Å². The molecule has 3 aromatic carbocycles. The lowest BCUT2D eigenvalue weighted by molar-refractivity contribution is -0.173. The molecule has 1 amide bonds. The molecule has 0 spiro atoms. The first-order valence-corrected chi connectivity index (χ1v) is 22.9. The molecule has 6 heterocycles. The molecule has 0 saturated carbocycles. The standard InChI is InChI=1S/C50H56N8O8/c1-6-33-34-12-8-9-13-40(34)51-44-37(33)28-57-41(44)25-39-38(46(57)61)29-65-47(62)50(39,7-2)66-49(64)54(5)18-10-11-19-55-20-22-56(23-21-55)27-31-14-16-32(17-15-31)58-45(52-53-48(58)63)36-24-35(30(3)4)42(59)26-43(36)60/h8-9,12-17,24-26,30,59-60H,6-7,10-11,18-23,27-29H2,1-5H3,(H,53,63). The number of rotatable bonds is 13. The van der Waals surface area contributed by atoms with E-state index in [1.807, 2.05) is 62.4 Å². The smallest absolute Gasteiger partial charge is 0.410 e. The van der Waals surface area contributed by atoms with Crippen LogP contribution in [0.25, 0.3) is 39.4 Å². The molecular weight excluding hydrogens is 841 g/mol. The molecule has 6 aromatic rings. The zero-order chi connectivity index (χ0) is 46.4. The SMILES string of the molecule is CCc1c2c(nc3ccccc13)-c1cc3c(c(=O)n1C2)COC(=O)C3(CC)OC(=O)N(C)CCCCN1CCN(Cc2ccc(-n3c(-c4cc(C(C)C)c(O)cc4O)n[nH]c3=O)cc2)CC1. The first-order valence-electron chi connectivity index (χ1n) is 22.9. The molecule has 1 unspecified atom stereocenters. The van der Waals surface area contributed by atoms with E-state index < -0.39 is 23.4 Å². The van der Waals surface area contributed by atoms with Crippen LogP contribution >= 0.6 is 0 Å². The van der Waals surface area contributed by atoms with Gasteiger partial charge >= 0.3 is 17.8 Å². The number of nitrogens with one attached hydrogen (secondary N) is 1. The summed E-state index contributed by atoms with van der Waals surface area (Å²) in [5, 5.41) is 28.8. The Labute approximate surface area is 382 Å². The number of phenolic OH excluding ortho intramolecular Hbond substituents is 2. The summed E-state index contributed by atoms with van der Waals surface area (Å²) in [7, 11) is 1.66. The number of amides is 1. The van der Waals surface area contributed by atoms with E-state index in [1.54, 1.807) is 24.6 Å². The van der Waals surface area contributed by atoms with Crippen molar-refractivity contribution in [1.29, 1.82) is 0 Å². The number of carbonyl (C=O) groups is 2. The lowest BCUT2D eigenvalue weighted by Gasteiger charge is -2.36. The second kappa shape index (κ2) is 17.9. The van der Waals surface area contributed by atoms with Gasteiger partial charge in [-0.3, -0.25) is 9.69 Å². The summed E-state index contributed by atoms with van der Waals surface area (Å²) in [6, 6.07) is 20.4. The molecule has 0 radical (unpaired) electrons. The third-order valence-corrected chi connectivity index (χ3v) is 13.6. The van der Waals surface area contributed by atoms with Crippen molar-refractivity contribution in [3.05, 3.63) is 121 Å². The Balaban J connectivity index is 0.783. The predicted molar refractivity (Wildman–Crippen MR) is 249 cm³/mol. The van der Waals surface area contributed by atoms with Crippen molar-refractivity contribution in [1.82, 2.24) is 39.0 Å². The number of hydrogen-bond donors (Lipinski definition) is 3. The Morgan fingerprint density at radius 2 is 1.68 bits per heavy atom. The zero-order valence-electron chi connectivity index (χ0n) is 38.1. The zero-order valence-corrected chi connectivity index (χ0v) is 38.1. The molecule has 1 fully saturated rings. The Bertz CT molecular complexity index is 2970. The molecule has 66 heavy (non-hydrogen) atoms. The number of esters is 1. The lowest BCUT2D eigenvalue weighted by Crippen LogP contribution is -2.49. The third-order valence-electron chi connectivity index (χ3n) is 13.6. The maximum atomic E-state index is 14.1. The monoisotopic (exact) mass is 896 g/mol. The van der Waals surface area contributed by atoms with Gasteiger partial charge in [0.25, 0.3) is 5.56 Å². The quantitative estimate of drug-likeness (QED) is 0.0856. The van der Waals surface area contributed by atoms with Crippen LogP contribution in [0.1, 0.15) is 86.3 Å². The van der Waals surface area contributed by atoms with Gasteiger partial charge in [-0.1, -0.05) is 58.0 Å². The van der Waals surface area contributed by atoms with Gasteiger partial charge in [-0.2, -0.15) is 5.10 Å². The van der Waals surface area contributed by atoms with Gasteiger partial charge in [0, 0.05) is 68.9 Å². The fourth-order valence-corrected chi connectivity index (χ4v) is 9.81. The molecule has 9 rings (SSSR count). The number of piperazine rings is 1. The number of carbonyl (C=O) groups excluding carboxylic acids is 2. The molecule has 3 N–H and O–H groups in total. The van der Waals surface area contributed by atoms with Crippen LogP contribution in [0.5, 0.6) is 11.5 Å². The highest BCUT2D eigenvalue weighted by Crippen LogP contribution is 2.43. The summed E-state index contributed by atoms with van der Waals surface area (Å²) in [6.45, 7) is 13.5. The number of ether oxygens (including phenoxy) is 2. The van der Waals surface area contributed by atoms with Gasteiger partial charge in [-0.15, -0.1) is 0 Å². The van der Waals surface area contributed by atoms with E-state index in [9.17, 15) is 29.4 Å². The molecule has 0 bridgehead atoms. The number of fused-ring (bicyclic) bond motifs is 5. The molecule has 344 valence electrons. The maximum Gasteiger partial charge on any atom is 0.410 e. The van der Waals surface area contributed by atoms with Crippen molar-refractivity contribution in [2.45, 2.75) is 84.6 Å². The number of benzene rings is 3. The third kappa shape index (κ3) is 7.91. The molecule has 3 aromatic heterocycles. The van der Waals surface area contributed by atoms with Crippen LogP contribution in [0.15, 0.2) is 76.3 Å². The summed E-state index contributed by atoms with van der Waals surface area (Å²) in [5.41, 5.74) is 5.17. The van der Waals surface area contributed by atoms with Gasteiger partial charge < -0.3 is 34.1 Å². The van der Waals surface area contributed by atoms with E-state index in [4.69, 9.17) is 14.5 Å². The number of aromatic hydroxyl groups is 2. The molecule has 16 nitrogen and oxygen atoms in total. The number of aromatic amines is 1. The van der Waals surface area contributed by atoms with Crippen LogP contribution < -0.4 is 11.2 Å². The van der Waals surface area contributed by atoms with Gasteiger partial charge in [0.05, 0.1) is 40.3 Å². The number of para-hydroxylation sites is 1. The number of cyclic esters (lactones) is 1. The van der Waals surface area contributed by atoms with Crippen molar-refractivity contribution < 1.29 is 29.3 Å². The summed E-state index contributed by atoms with van der Waals surface area (Å²) in [5.74, 6) is -0.625. The minimum Gasteiger partial charge on any atom is -0.508 e. The molecule has 3 aliphatic heterocycles. The highest BCUT2D eigenvalue weighted by atomic mass is 16.6. The number of aryl methyl sites for hydroxylation is 1. The summed E-state index contributed by atoms with van der Waals surface area (Å²) >= 11 is 0. The number of unbranched alkanes of at least 4 members (excludes halogenated alkanes) is 1. The normalized spacial score (nSPS) is 17.2. The Morgan fingerprint density at radius 1 is 0.939 bits per heavy atom. The van der Waals surface area contributed by atoms with E-state index in [1.165, 1.54) is 15.5 Å². The molecule has 3 aliphatic rings. The average Bonchev–Trinajstić information content (AvgIpc) is 3.88.